The van der Waals surface area contributed by atoms with E-state index in [1.807, 2.05) is 4.57 Å². The molecule has 0 radical (unpaired) electrons. The summed E-state index contributed by atoms with van der Waals surface area (Å²) in [5, 5.41) is 18.2. The van der Waals surface area contributed by atoms with Gasteiger partial charge in [-0.25, -0.2) is 9.78 Å². The first-order valence-corrected chi connectivity index (χ1v) is 5.44. The van der Waals surface area contributed by atoms with Crippen molar-refractivity contribution in [2.75, 3.05) is 0 Å². The van der Waals surface area contributed by atoms with E-state index in [0.29, 0.717) is 13.0 Å². The standard InChI is InChI=1S/C12H14N2O3/c1-8(15)4-5-14-7-13-10-3-2-9(12(16)17)6-11(10)14/h2-3,6-8,15H,4-5H2,1H3,(H,16,17). The lowest BCUT2D eigenvalue weighted by Crippen LogP contribution is -2.06. The van der Waals surface area contributed by atoms with Crippen LogP contribution in [0.4, 0.5) is 0 Å². The molecular weight excluding hydrogens is 220 g/mol. The molecule has 5 nitrogen and oxygen atoms in total. The molecule has 0 aliphatic rings. The van der Waals surface area contributed by atoms with Gasteiger partial charge in [0, 0.05) is 6.54 Å². The number of rotatable bonds is 4. The highest BCUT2D eigenvalue weighted by Crippen LogP contribution is 2.15. The number of carboxylic acid groups (broad SMARTS) is 1. The SMILES string of the molecule is CC(O)CCn1cnc2ccc(C(=O)O)cc21. The summed E-state index contributed by atoms with van der Waals surface area (Å²) in [6, 6.07) is 4.83. The number of hydrogen-bond donors (Lipinski definition) is 2. The lowest BCUT2D eigenvalue weighted by Gasteiger charge is -2.06. The average Bonchev–Trinajstić information content (AvgIpc) is 2.68. The number of aliphatic hydroxyl groups is 1. The van der Waals surface area contributed by atoms with Gasteiger partial charge >= 0.3 is 5.97 Å². The van der Waals surface area contributed by atoms with Crippen molar-refractivity contribution in [3.63, 3.8) is 0 Å². The molecule has 1 atom stereocenters. The third-order valence-corrected chi connectivity index (χ3v) is 2.66. The summed E-state index contributed by atoms with van der Waals surface area (Å²) in [5.41, 5.74) is 1.79. The maximum atomic E-state index is 10.9. The Morgan fingerprint density at radius 2 is 2.29 bits per heavy atom. The molecule has 0 amide bonds. The monoisotopic (exact) mass is 234 g/mol. The molecule has 1 unspecified atom stereocenters. The largest absolute Gasteiger partial charge is 0.478 e. The number of aromatic carboxylic acids is 1. The molecule has 2 rings (SSSR count). The molecule has 5 heteroatoms. The fraction of sp³-hybridized carbons (Fsp3) is 0.333. The van der Waals surface area contributed by atoms with Crippen LogP contribution in [0.15, 0.2) is 24.5 Å². The zero-order chi connectivity index (χ0) is 12.4. The van der Waals surface area contributed by atoms with Crippen molar-refractivity contribution in [2.24, 2.45) is 0 Å². The zero-order valence-electron chi connectivity index (χ0n) is 9.50. The molecule has 0 spiro atoms. The van der Waals surface area contributed by atoms with Crippen LogP contribution in [-0.2, 0) is 6.54 Å². The second-order valence-corrected chi connectivity index (χ2v) is 4.08. The number of aromatic nitrogens is 2. The normalized spacial score (nSPS) is 12.8. The number of fused-ring (bicyclic) bond motifs is 1. The third-order valence-electron chi connectivity index (χ3n) is 2.66. The van der Waals surface area contributed by atoms with E-state index in [0.717, 1.165) is 11.0 Å². The van der Waals surface area contributed by atoms with Gasteiger partial charge in [-0.05, 0) is 31.5 Å². The van der Waals surface area contributed by atoms with Crippen molar-refractivity contribution in [2.45, 2.75) is 26.0 Å². The quantitative estimate of drug-likeness (QED) is 0.840. The van der Waals surface area contributed by atoms with Gasteiger partial charge in [0.1, 0.15) is 0 Å². The molecule has 0 saturated heterocycles. The Morgan fingerprint density at radius 1 is 1.53 bits per heavy atom. The Morgan fingerprint density at radius 3 is 2.94 bits per heavy atom. The summed E-state index contributed by atoms with van der Waals surface area (Å²) in [5.74, 6) is -0.949. The van der Waals surface area contributed by atoms with Crippen molar-refractivity contribution in [1.82, 2.24) is 9.55 Å². The Kier molecular flexibility index (Phi) is 3.10. The zero-order valence-corrected chi connectivity index (χ0v) is 9.50. The highest BCUT2D eigenvalue weighted by molar-refractivity contribution is 5.92. The minimum Gasteiger partial charge on any atom is -0.478 e. The molecule has 1 aromatic heterocycles. The van der Waals surface area contributed by atoms with Crippen molar-refractivity contribution < 1.29 is 15.0 Å². The van der Waals surface area contributed by atoms with Gasteiger partial charge in [-0.2, -0.15) is 0 Å². The number of carboxylic acids is 1. The minimum atomic E-state index is -0.949. The van der Waals surface area contributed by atoms with Crippen molar-refractivity contribution in [3.8, 4) is 0 Å². The number of carbonyl (C=O) groups is 1. The van der Waals surface area contributed by atoms with Gasteiger partial charge in [-0.3, -0.25) is 0 Å². The third kappa shape index (κ3) is 2.45. The number of aliphatic hydroxyl groups excluding tert-OH is 1. The molecule has 1 aromatic carbocycles. The number of aryl methyl sites for hydroxylation is 1. The van der Waals surface area contributed by atoms with Crippen LogP contribution in [0.2, 0.25) is 0 Å². The van der Waals surface area contributed by atoms with E-state index in [1.54, 1.807) is 25.4 Å². The summed E-state index contributed by atoms with van der Waals surface area (Å²) in [6.07, 6.45) is 1.90. The topological polar surface area (TPSA) is 75.3 Å². The molecule has 2 aromatic rings. The molecule has 2 N–H and O–H groups in total. The Balaban J connectivity index is 2.36. The van der Waals surface area contributed by atoms with E-state index < -0.39 is 5.97 Å². The summed E-state index contributed by atoms with van der Waals surface area (Å²) >= 11 is 0. The molecule has 17 heavy (non-hydrogen) atoms. The van der Waals surface area contributed by atoms with Crippen LogP contribution in [0.1, 0.15) is 23.7 Å². The van der Waals surface area contributed by atoms with Gasteiger partial charge in [0.25, 0.3) is 0 Å². The van der Waals surface area contributed by atoms with Crippen LogP contribution < -0.4 is 0 Å². The van der Waals surface area contributed by atoms with Gasteiger partial charge in [0.15, 0.2) is 0 Å². The van der Waals surface area contributed by atoms with Crippen molar-refractivity contribution in [3.05, 3.63) is 30.1 Å². The second kappa shape index (κ2) is 4.55. The molecule has 0 saturated carbocycles. The van der Waals surface area contributed by atoms with Gasteiger partial charge in [-0.15, -0.1) is 0 Å². The molecule has 0 bridgehead atoms. The highest BCUT2D eigenvalue weighted by Gasteiger charge is 2.08. The smallest absolute Gasteiger partial charge is 0.335 e. The van der Waals surface area contributed by atoms with E-state index in [9.17, 15) is 9.90 Å². The Bertz CT molecular complexity index is 546. The predicted molar refractivity (Wildman–Crippen MR) is 63.0 cm³/mol. The van der Waals surface area contributed by atoms with Gasteiger partial charge in [0.2, 0.25) is 0 Å². The summed E-state index contributed by atoms with van der Waals surface area (Å²) < 4.78 is 1.86. The fourth-order valence-corrected chi connectivity index (χ4v) is 1.69. The summed E-state index contributed by atoms with van der Waals surface area (Å²) in [4.78, 5) is 15.1. The van der Waals surface area contributed by atoms with Gasteiger partial charge < -0.3 is 14.8 Å². The van der Waals surface area contributed by atoms with Crippen LogP contribution in [0, 0.1) is 0 Å². The minimum absolute atomic E-state index is 0.247. The van der Waals surface area contributed by atoms with Crippen LogP contribution >= 0.6 is 0 Å². The molecule has 0 aliphatic heterocycles. The highest BCUT2D eigenvalue weighted by atomic mass is 16.4. The number of imidazole rings is 1. The molecule has 1 heterocycles. The average molecular weight is 234 g/mol. The predicted octanol–water partition coefficient (Wildman–Crippen LogP) is 1.51. The molecule has 90 valence electrons. The van der Waals surface area contributed by atoms with E-state index in [1.165, 1.54) is 6.07 Å². The maximum absolute atomic E-state index is 10.9. The first-order chi connectivity index (χ1) is 8.08. The Hall–Kier alpha value is -1.88. The van der Waals surface area contributed by atoms with Crippen LogP contribution in [0.3, 0.4) is 0 Å². The summed E-state index contributed by atoms with van der Waals surface area (Å²) in [7, 11) is 0. The van der Waals surface area contributed by atoms with Crippen LogP contribution in [0.5, 0.6) is 0 Å². The Labute approximate surface area is 98.3 Å². The second-order valence-electron chi connectivity index (χ2n) is 4.08. The number of benzene rings is 1. The molecule has 0 fully saturated rings. The molecule has 0 aliphatic carbocycles. The van der Waals surface area contributed by atoms with Crippen LogP contribution in [-0.4, -0.2) is 31.8 Å². The van der Waals surface area contributed by atoms with Gasteiger partial charge in [0.05, 0.1) is 29.0 Å². The van der Waals surface area contributed by atoms with Gasteiger partial charge in [-0.1, -0.05) is 0 Å². The number of hydrogen-bond acceptors (Lipinski definition) is 3. The first kappa shape index (κ1) is 11.6. The van der Waals surface area contributed by atoms with Crippen LogP contribution in [0.25, 0.3) is 11.0 Å². The van der Waals surface area contributed by atoms with E-state index >= 15 is 0 Å². The molecular formula is C12H14N2O3. The first-order valence-electron chi connectivity index (χ1n) is 5.44. The van der Waals surface area contributed by atoms with E-state index in [-0.39, 0.29) is 11.7 Å². The van der Waals surface area contributed by atoms with Crippen molar-refractivity contribution in [1.29, 1.82) is 0 Å². The lowest BCUT2D eigenvalue weighted by molar-refractivity contribution is 0.0697. The number of nitrogens with zero attached hydrogens (tertiary/aromatic N) is 2. The fourth-order valence-electron chi connectivity index (χ4n) is 1.69. The van der Waals surface area contributed by atoms with E-state index in [4.69, 9.17) is 5.11 Å². The summed E-state index contributed by atoms with van der Waals surface area (Å²) in [6.45, 7) is 2.35. The maximum Gasteiger partial charge on any atom is 0.335 e. The van der Waals surface area contributed by atoms with Crippen molar-refractivity contribution >= 4 is 17.0 Å². The lowest BCUT2D eigenvalue weighted by atomic mass is 10.2. The van der Waals surface area contributed by atoms with E-state index in [2.05, 4.69) is 4.98 Å².